The van der Waals surface area contributed by atoms with Crippen LogP contribution in [0.2, 0.25) is 20.1 Å². The van der Waals surface area contributed by atoms with E-state index in [1.54, 1.807) is 36.4 Å². The lowest BCUT2D eigenvalue weighted by Crippen LogP contribution is -2.51. The number of hydrogen-bond acceptors (Lipinski definition) is 4. The molecule has 50 heavy (non-hydrogen) atoms. The molecule has 0 unspecified atom stereocenters. The van der Waals surface area contributed by atoms with Gasteiger partial charge in [-0.2, -0.15) is 0 Å². The Morgan fingerprint density at radius 1 is 0.480 bits per heavy atom. The van der Waals surface area contributed by atoms with Gasteiger partial charge in [0.2, 0.25) is 0 Å². The molecule has 8 rings (SSSR count). The van der Waals surface area contributed by atoms with E-state index in [9.17, 15) is 9.59 Å². The number of anilines is 4. The van der Waals surface area contributed by atoms with Crippen molar-refractivity contribution in [3.8, 4) is 0 Å². The van der Waals surface area contributed by atoms with Gasteiger partial charge in [0.15, 0.2) is 0 Å². The summed E-state index contributed by atoms with van der Waals surface area (Å²) in [6, 6.07) is 41.8. The number of hydrogen-bond donors (Lipinski definition) is 4. The number of carbonyl (C=O) groups excluding carboxylic acids is 2. The molecule has 0 fully saturated rings. The highest BCUT2D eigenvalue weighted by Crippen LogP contribution is 2.64. The van der Waals surface area contributed by atoms with Gasteiger partial charge in [0.25, 0.3) is 11.8 Å². The summed E-state index contributed by atoms with van der Waals surface area (Å²) in [7, 11) is 0. The molecule has 246 valence electrons. The molecule has 2 atom stereocenters. The molecule has 6 nitrogen and oxygen atoms in total. The first-order chi connectivity index (χ1) is 24.2. The van der Waals surface area contributed by atoms with Crippen LogP contribution in [0.1, 0.15) is 43.0 Å². The number of halogens is 4. The highest BCUT2D eigenvalue weighted by Gasteiger charge is 2.65. The van der Waals surface area contributed by atoms with Gasteiger partial charge < -0.3 is 21.3 Å². The van der Waals surface area contributed by atoms with Gasteiger partial charge in [0.05, 0.1) is 21.2 Å². The van der Waals surface area contributed by atoms with Crippen molar-refractivity contribution in [2.75, 3.05) is 21.3 Å². The average molecular weight is 736 g/mol. The maximum atomic E-state index is 13.3. The summed E-state index contributed by atoms with van der Waals surface area (Å²) < 4.78 is 0. The van der Waals surface area contributed by atoms with E-state index >= 15 is 0 Å². The fraction of sp³-hybridized carbons (Fsp3) is 0.0500. The Hall–Kier alpha value is -4.98. The molecule has 0 aliphatic carbocycles. The number of benzene rings is 6. The topological polar surface area (TPSA) is 82.3 Å². The number of fused-ring (bicyclic) bond motifs is 5. The second kappa shape index (κ2) is 12.4. The first-order valence-electron chi connectivity index (χ1n) is 15.7. The van der Waals surface area contributed by atoms with E-state index in [1.807, 2.05) is 72.8 Å². The number of rotatable bonds is 6. The molecule has 10 heteroatoms. The van der Waals surface area contributed by atoms with Crippen molar-refractivity contribution in [3.63, 3.8) is 0 Å². The zero-order valence-electron chi connectivity index (χ0n) is 26.0. The molecule has 0 spiro atoms. The van der Waals surface area contributed by atoms with E-state index in [0.29, 0.717) is 32.5 Å². The number of amides is 2. The van der Waals surface area contributed by atoms with Crippen LogP contribution in [0.3, 0.4) is 0 Å². The Morgan fingerprint density at radius 2 is 0.880 bits per heavy atom. The molecule has 2 aliphatic rings. The van der Waals surface area contributed by atoms with Crippen LogP contribution in [0.15, 0.2) is 133 Å². The summed E-state index contributed by atoms with van der Waals surface area (Å²) in [5.74, 6) is -0.698. The van der Waals surface area contributed by atoms with Crippen molar-refractivity contribution in [1.29, 1.82) is 0 Å². The summed E-state index contributed by atoms with van der Waals surface area (Å²) in [5, 5.41) is 15.3. The third-order valence-corrected chi connectivity index (χ3v) is 10.4. The van der Waals surface area contributed by atoms with Crippen molar-refractivity contribution in [2.24, 2.45) is 0 Å². The van der Waals surface area contributed by atoms with Gasteiger partial charge >= 0.3 is 0 Å². The normalized spacial score (nSPS) is 18.2. The molecule has 2 heterocycles. The first-order valence-corrected chi connectivity index (χ1v) is 17.2. The average Bonchev–Trinajstić information content (AvgIpc) is 3.55. The second-order valence-electron chi connectivity index (χ2n) is 12.2. The Balaban J connectivity index is 1.24. The van der Waals surface area contributed by atoms with E-state index in [2.05, 4.69) is 45.5 Å². The molecule has 4 N–H and O–H groups in total. The van der Waals surface area contributed by atoms with Crippen molar-refractivity contribution < 1.29 is 9.59 Å². The summed E-state index contributed by atoms with van der Waals surface area (Å²) >= 11 is 24.8. The second-order valence-corrected chi connectivity index (χ2v) is 13.8. The fourth-order valence-electron chi connectivity index (χ4n) is 7.24. The quantitative estimate of drug-likeness (QED) is 0.137. The third kappa shape index (κ3) is 5.10. The van der Waals surface area contributed by atoms with Crippen LogP contribution >= 0.6 is 46.4 Å². The molecule has 6 aromatic rings. The van der Waals surface area contributed by atoms with Gasteiger partial charge in [0.1, 0.15) is 11.1 Å². The van der Waals surface area contributed by atoms with Crippen molar-refractivity contribution >= 4 is 81.0 Å². The van der Waals surface area contributed by atoms with Gasteiger partial charge in [-0.05, 0) is 71.8 Å². The van der Waals surface area contributed by atoms with Gasteiger partial charge in [-0.3, -0.25) is 9.59 Å². The Kier molecular flexibility index (Phi) is 8.00. The standard InChI is InChI=1S/C40H26Cl4N4O2/c41-25-11-15-29(33(43)19-25)37(49)45-27-13-17-31-35(21-27)48-40(24-9-5-2-6-10-24)32-18-14-28(46-38(50)30-16-12-26(42)20-34(30)44)22-36(32)47-39(31,40)23-7-3-1-4-8-23/h1-22,47-48H,(H,45,49)(H,46,50)/t39-,40+. The first kappa shape index (κ1) is 32.2. The Labute approximate surface area is 308 Å². The largest absolute Gasteiger partial charge is 0.369 e. The molecular weight excluding hydrogens is 710 g/mol. The predicted octanol–water partition coefficient (Wildman–Crippen LogP) is 10.8. The minimum absolute atomic E-state index is 0.266. The van der Waals surface area contributed by atoms with Crippen molar-refractivity contribution in [1.82, 2.24) is 0 Å². The van der Waals surface area contributed by atoms with Crippen LogP contribution in [0, 0.1) is 0 Å². The van der Waals surface area contributed by atoms with Gasteiger partial charge in [-0.1, -0.05) is 119 Å². The maximum absolute atomic E-state index is 13.3. The molecule has 2 amide bonds. The summed E-state index contributed by atoms with van der Waals surface area (Å²) in [5.41, 5.74) is 5.83. The predicted molar refractivity (Wildman–Crippen MR) is 203 cm³/mol. The SMILES string of the molecule is O=C(Nc1ccc2c(c1)N[C@@]1(c3ccccc3)c3ccc(NC(=O)c4ccc(Cl)cc4Cl)cc3N[C@]21c1ccccc1)c1ccc(Cl)cc1Cl. The lowest BCUT2D eigenvalue weighted by Gasteiger charge is -2.42. The molecule has 0 bridgehead atoms. The minimum atomic E-state index is -0.836. The molecule has 0 aromatic heterocycles. The van der Waals surface area contributed by atoms with E-state index in [4.69, 9.17) is 46.4 Å². The van der Waals surface area contributed by atoms with Crippen molar-refractivity contribution in [3.05, 3.63) is 187 Å². The molecule has 0 saturated heterocycles. The van der Waals surface area contributed by atoms with Crippen LogP contribution in [-0.4, -0.2) is 11.8 Å². The summed E-state index contributed by atoms with van der Waals surface area (Å²) in [6.45, 7) is 0. The van der Waals surface area contributed by atoms with E-state index < -0.39 is 11.1 Å². The number of nitrogens with one attached hydrogen (secondary N) is 4. The molecule has 2 aliphatic heterocycles. The fourth-order valence-corrected chi connectivity index (χ4v) is 8.23. The molecule has 6 aromatic carbocycles. The number of carbonyl (C=O) groups is 2. The maximum Gasteiger partial charge on any atom is 0.257 e. The van der Waals surface area contributed by atoms with Crippen LogP contribution in [0.5, 0.6) is 0 Å². The van der Waals surface area contributed by atoms with Gasteiger partial charge in [0, 0.05) is 43.9 Å². The zero-order chi connectivity index (χ0) is 34.6. The van der Waals surface area contributed by atoms with E-state index in [-0.39, 0.29) is 21.9 Å². The molecular formula is C40H26Cl4N4O2. The molecule has 0 radical (unpaired) electrons. The van der Waals surface area contributed by atoms with E-state index in [1.165, 1.54) is 0 Å². The monoisotopic (exact) mass is 734 g/mol. The minimum Gasteiger partial charge on any atom is -0.369 e. The van der Waals surface area contributed by atoms with Gasteiger partial charge in [-0.15, -0.1) is 0 Å². The highest BCUT2D eigenvalue weighted by molar-refractivity contribution is 6.38. The van der Waals surface area contributed by atoms with E-state index in [0.717, 1.165) is 33.6 Å². The summed E-state index contributed by atoms with van der Waals surface area (Å²) in [4.78, 5) is 26.6. The molecule has 0 saturated carbocycles. The zero-order valence-corrected chi connectivity index (χ0v) is 29.1. The highest BCUT2D eigenvalue weighted by atomic mass is 35.5. The summed E-state index contributed by atoms with van der Waals surface area (Å²) in [6.07, 6.45) is 0. The smallest absolute Gasteiger partial charge is 0.257 e. The Bertz CT molecular complexity index is 2170. The lowest BCUT2D eigenvalue weighted by atomic mass is 9.66. The van der Waals surface area contributed by atoms with Crippen LogP contribution in [-0.2, 0) is 11.1 Å². The van der Waals surface area contributed by atoms with Gasteiger partial charge in [-0.25, -0.2) is 0 Å². The van der Waals surface area contributed by atoms with Crippen LogP contribution in [0.25, 0.3) is 0 Å². The van der Waals surface area contributed by atoms with Crippen molar-refractivity contribution in [2.45, 2.75) is 11.1 Å². The third-order valence-electron chi connectivity index (χ3n) is 9.33. The Morgan fingerprint density at radius 3 is 1.26 bits per heavy atom. The van der Waals surface area contributed by atoms with Crippen LogP contribution in [0.4, 0.5) is 22.7 Å². The lowest BCUT2D eigenvalue weighted by molar-refractivity contribution is 0.101. The van der Waals surface area contributed by atoms with Crippen LogP contribution < -0.4 is 21.3 Å².